The molecular weight excluding hydrogens is 201 g/mol. The Labute approximate surface area is 97.9 Å². The molecule has 1 rings (SSSR count). The molecule has 16 heavy (non-hydrogen) atoms. The van der Waals surface area contributed by atoms with Gasteiger partial charge in [-0.05, 0) is 23.8 Å². The number of aryl methyl sites for hydroxylation is 1. The molecule has 0 bridgehead atoms. The van der Waals surface area contributed by atoms with Crippen LogP contribution in [-0.2, 0) is 6.42 Å². The molecule has 1 aromatic carbocycles. The van der Waals surface area contributed by atoms with Crippen LogP contribution >= 0.6 is 0 Å². The third-order valence-corrected chi connectivity index (χ3v) is 3.32. The molecule has 2 heteroatoms. The monoisotopic (exact) mass is 223 g/mol. The maximum Gasteiger partial charge on any atom is 0.128 e. The summed E-state index contributed by atoms with van der Waals surface area (Å²) in [5.41, 5.74) is 5.06. The molecule has 0 radical (unpaired) electrons. The summed E-state index contributed by atoms with van der Waals surface area (Å²) < 4.78 is 14.6. The first-order valence-electron chi connectivity index (χ1n) is 5.82. The lowest BCUT2D eigenvalue weighted by Crippen LogP contribution is -2.45. The van der Waals surface area contributed by atoms with Gasteiger partial charge in [-0.3, -0.25) is 0 Å². The zero-order valence-corrected chi connectivity index (χ0v) is 10.5. The highest BCUT2D eigenvalue weighted by atomic mass is 19.1. The van der Waals surface area contributed by atoms with E-state index in [1.807, 2.05) is 51.1 Å². The molecule has 0 heterocycles. The van der Waals surface area contributed by atoms with Crippen molar-refractivity contribution in [3.63, 3.8) is 0 Å². The quantitative estimate of drug-likeness (QED) is 0.832. The summed E-state index contributed by atoms with van der Waals surface area (Å²) in [5.74, 6) is 0. The lowest BCUT2D eigenvalue weighted by atomic mass is 9.75. The summed E-state index contributed by atoms with van der Waals surface area (Å²) in [4.78, 5) is 0. The van der Waals surface area contributed by atoms with E-state index >= 15 is 0 Å². The highest BCUT2D eigenvalue weighted by Crippen LogP contribution is 2.37. The van der Waals surface area contributed by atoms with Crippen LogP contribution in [0.1, 0.15) is 32.8 Å². The Morgan fingerprint density at radius 2 is 1.69 bits per heavy atom. The summed E-state index contributed by atoms with van der Waals surface area (Å²) in [5, 5.41) is 0. The van der Waals surface area contributed by atoms with Crippen molar-refractivity contribution in [1.82, 2.24) is 0 Å². The van der Waals surface area contributed by atoms with Crippen molar-refractivity contribution in [3.8, 4) is 0 Å². The summed E-state index contributed by atoms with van der Waals surface area (Å²) in [6, 6.07) is 9.99. The van der Waals surface area contributed by atoms with Crippen LogP contribution in [0.4, 0.5) is 4.39 Å². The van der Waals surface area contributed by atoms with Crippen LogP contribution in [0.25, 0.3) is 0 Å². The standard InChI is InChI=1S/C14H22FN/c1-13(2,3)14(15,11-16)10-9-12-7-5-4-6-8-12/h4-8H,9-11,16H2,1-3H3. The van der Waals surface area contributed by atoms with Crippen molar-refractivity contribution in [2.75, 3.05) is 6.54 Å². The molecule has 0 saturated carbocycles. The van der Waals surface area contributed by atoms with Crippen LogP contribution in [0.5, 0.6) is 0 Å². The first kappa shape index (κ1) is 13.2. The summed E-state index contributed by atoms with van der Waals surface area (Å²) in [7, 11) is 0. The predicted octanol–water partition coefficient (Wildman–Crippen LogP) is 3.33. The van der Waals surface area contributed by atoms with E-state index in [9.17, 15) is 4.39 Å². The van der Waals surface area contributed by atoms with Crippen LogP contribution in [0.15, 0.2) is 30.3 Å². The Hall–Kier alpha value is -0.890. The van der Waals surface area contributed by atoms with E-state index in [0.29, 0.717) is 6.42 Å². The van der Waals surface area contributed by atoms with Crippen molar-refractivity contribution >= 4 is 0 Å². The molecule has 0 fully saturated rings. The van der Waals surface area contributed by atoms with Gasteiger partial charge in [-0.1, -0.05) is 51.1 Å². The van der Waals surface area contributed by atoms with Gasteiger partial charge in [0.15, 0.2) is 0 Å². The average Bonchev–Trinajstić information content (AvgIpc) is 2.26. The van der Waals surface area contributed by atoms with Crippen molar-refractivity contribution in [2.45, 2.75) is 39.3 Å². The molecule has 1 unspecified atom stereocenters. The number of benzene rings is 1. The molecule has 0 aliphatic rings. The van der Waals surface area contributed by atoms with E-state index in [1.54, 1.807) is 0 Å². The van der Waals surface area contributed by atoms with E-state index in [2.05, 4.69) is 0 Å². The molecule has 0 spiro atoms. The maximum absolute atomic E-state index is 14.6. The van der Waals surface area contributed by atoms with Crippen molar-refractivity contribution in [2.24, 2.45) is 11.1 Å². The minimum Gasteiger partial charge on any atom is -0.328 e. The third-order valence-electron chi connectivity index (χ3n) is 3.32. The number of nitrogens with two attached hydrogens (primary N) is 1. The second-order valence-corrected chi connectivity index (χ2v) is 5.41. The van der Waals surface area contributed by atoms with E-state index in [-0.39, 0.29) is 6.54 Å². The minimum atomic E-state index is -1.29. The van der Waals surface area contributed by atoms with Gasteiger partial charge in [0, 0.05) is 6.54 Å². The molecule has 1 aromatic rings. The van der Waals surface area contributed by atoms with Gasteiger partial charge in [-0.15, -0.1) is 0 Å². The second-order valence-electron chi connectivity index (χ2n) is 5.41. The molecule has 1 atom stereocenters. The number of hydrogen-bond donors (Lipinski definition) is 1. The number of hydrogen-bond acceptors (Lipinski definition) is 1. The van der Waals surface area contributed by atoms with Crippen LogP contribution < -0.4 is 5.73 Å². The molecule has 0 aromatic heterocycles. The van der Waals surface area contributed by atoms with Gasteiger partial charge in [-0.2, -0.15) is 0 Å². The largest absolute Gasteiger partial charge is 0.328 e. The number of rotatable bonds is 4. The van der Waals surface area contributed by atoms with E-state index in [4.69, 9.17) is 5.73 Å². The average molecular weight is 223 g/mol. The minimum absolute atomic E-state index is 0.0866. The first-order chi connectivity index (χ1) is 7.39. The third kappa shape index (κ3) is 3.05. The molecular formula is C14H22FN. The second kappa shape index (κ2) is 4.96. The maximum atomic E-state index is 14.6. The first-order valence-corrected chi connectivity index (χ1v) is 5.82. The normalized spacial score (nSPS) is 15.8. The molecule has 0 aliphatic heterocycles. The molecule has 2 N–H and O–H groups in total. The predicted molar refractivity (Wildman–Crippen MR) is 67.1 cm³/mol. The van der Waals surface area contributed by atoms with Gasteiger partial charge in [-0.25, -0.2) is 4.39 Å². The Kier molecular flexibility index (Phi) is 4.09. The van der Waals surface area contributed by atoms with Gasteiger partial charge in [0.2, 0.25) is 0 Å². The fraction of sp³-hybridized carbons (Fsp3) is 0.571. The fourth-order valence-electron chi connectivity index (χ4n) is 1.77. The van der Waals surface area contributed by atoms with Crippen molar-refractivity contribution < 1.29 is 4.39 Å². The zero-order chi connectivity index (χ0) is 12.2. The summed E-state index contributed by atoms with van der Waals surface area (Å²) in [6.07, 6.45) is 1.23. The van der Waals surface area contributed by atoms with Gasteiger partial charge < -0.3 is 5.73 Å². The van der Waals surface area contributed by atoms with Crippen LogP contribution in [0.3, 0.4) is 0 Å². The van der Waals surface area contributed by atoms with Gasteiger partial charge in [0.05, 0.1) is 0 Å². The van der Waals surface area contributed by atoms with Crippen molar-refractivity contribution in [1.29, 1.82) is 0 Å². The smallest absolute Gasteiger partial charge is 0.128 e. The summed E-state index contributed by atoms with van der Waals surface area (Å²) in [6.45, 7) is 5.81. The van der Waals surface area contributed by atoms with Gasteiger partial charge >= 0.3 is 0 Å². The lowest BCUT2D eigenvalue weighted by Gasteiger charge is -2.37. The Morgan fingerprint density at radius 3 is 2.12 bits per heavy atom. The van der Waals surface area contributed by atoms with Gasteiger partial charge in [0.1, 0.15) is 5.67 Å². The highest BCUT2D eigenvalue weighted by molar-refractivity contribution is 5.15. The van der Waals surface area contributed by atoms with Crippen LogP contribution in [0.2, 0.25) is 0 Å². The molecule has 0 aliphatic carbocycles. The molecule has 90 valence electrons. The number of alkyl halides is 1. The molecule has 0 saturated heterocycles. The molecule has 0 amide bonds. The Balaban J connectivity index is 2.66. The van der Waals surface area contributed by atoms with Crippen LogP contribution in [-0.4, -0.2) is 12.2 Å². The lowest BCUT2D eigenvalue weighted by molar-refractivity contribution is 0.0296. The molecule has 1 nitrogen and oxygen atoms in total. The van der Waals surface area contributed by atoms with E-state index < -0.39 is 11.1 Å². The van der Waals surface area contributed by atoms with Crippen molar-refractivity contribution in [3.05, 3.63) is 35.9 Å². The SMILES string of the molecule is CC(C)(C)C(F)(CN)CCc1ccccc1. The Morgan fingerprint density at radius 1 is 1.12 bits per heavy atom. The van der Waals surface area contributed by atoms with Gasteiger partial charge in [0.25, 0.3) is 0 Å². The summed E-state index contributed by atoms with van der Waals surface area (Å²) >= 11 is 0. The number of halogens is 1. The Bertz CT molecular complexity index is 315. The topological polar surface area (TPSA) is 26.0 Å². The zero-order valence-electron chi connectivity index (χ0n) is 10.5. The van der Waals surface area contributed by atoms with Crippen LogP contribution in [0, 0.1) is 5.41 Å². The fourth-order valence-corrected chi connectivity index (χ4v) is 1.77. The van der Waals surface area contributed by atoms with E-state index in [0.717, 1.165) is 6.42 Å². The van der Waals surface area contributed by atoms with E-state index in [1.165, 1.54) is 5.56 Å². The highest BCUT2D eigenvalue weighted by Gasteiger charge is 2.40.